The summed E-state index contributed by atoms with van der Waals surface area (Å²) in [5, 5.41) is 0. The van der Waals surface area contributed by atoms with Crippen molar-refractivity contribution >= 4 is 11.9 Å². The molecule has 0 aromatic carbocycles. The fourth-order valence-corrected chi connectivity index (χ4v) is 0.859. The van der Waals surface area contributed by atoms with Crippen molar-refractivity contribution in [1.82, 2.24) is 9.80 Å². The van der Waals surface area contributed by atoms with Gasteiger partial charge in [0, 0.05) is 14.1 Å². The van der Waals surface area contributed by atoms with Crippen LogP contribution in [0.2, 0.25) is 0 Å². The predicted molar refractivity (Wildman–Crippen MR) is 52.8 cm³/mol. The first-order valence-electron chi connectivity index (χ1n) is 4.50. The first-order chi connectivity index (χ1) is 6.51. The molecule has 0 aliphatic heterocycles. The van der Waals surface area contributed by atoms with E-state index in [1.54, 1.807) is 19.0 Å². The number of amides is 1. The van der Waals surface area contributed by atoms with E-state index in [9.17, 15) is 9.59 Å². The quantitative estimate of drug-likeness (QED) is 0.568. The minimum absolute atomic E-state index is 0.0178. The van der Waals surface area contributed by atoms with Crippen LogP contribution in [0.1, 0.15) is 6.92 Å². The number of carbonyl (C=O) groups excluding carboxylic acids is 2. The maximum Gasteiger partial charge on any atom is 0.319 e. The Labute approximate surface area is 84.6 Å². The monoisotopic (exact) mass is 202 g/mol. The molecule has 5 nitrogen and oxygen atoms in total. The van der Waals surface area contributed by atoms with Gasteiger partial charge in [-0.05, 0) is 6.54 Å². The summed E-state index contributed by atoms with van der Waals surface area (Å²) in [4.78, 5) is 25.5. The second-order valence-electron chi connectivity index (χ2n) is 3.17. The molecule has 5 heteroatoms. The van der Waals surface area contributed by atoms with Crippen molar-refractivity contribution in [2.75, 3.05) is 40.8 Å². The lowest BCUT2D eigenvalue weighted by atomic mass is 10.4. The minimum atomic E-state index is -0.321. The molecule has 0 aromatic rings. The first-order valence-corrected chi connectivity index (χ1v) is 4.50. The van der Waals surface area contributed by atoms with Gasteiger partial charge in [-0.25, -0.2) is 0 Å². The zero-order valence-electron chi connectivity index (χ0n) is 9.24. The van der Waals surface area contributed by atoms with Gasteiger partial charge in [-0.2, -0.15) is 0 Å². The molecule has 0 fully saturated rings. The van der Waals surface area contributed by atoms with Crippen molar-refractivity contribution in [2.24, 2.45) is 0 Å². The van der Waals surface area contributed by atoms with Gasteiger partial charge in [-0.15, -0.1) is 0 Å². The van der Waals surface area contributed by atoms with E-state index in [0.29, 0.717) is 6.54 Å². The third kappa shape index (κ3) is 4.81. The molecule has 0 saturated carbocycles. The van der Waals surface area contributed by atoms with E-state index >= 15 is 0 Å². The molecule has 0 aliphatic carbocycles. The molecule has 0 saturated heterocycles. The van der Waals surface area contributed by atoms with Crippen molar-refractivity contribution in [1.29, 1.82) is 0 Å². The second kappa shape index (κ2) is 6.37. The SMILES string of the molecule is CCN(CC(=O)OC)CC(=O)N(C)C. The normalized spacial score (nSPS) is 10.1. The van der Waals surface area contributed by atoms with E-state index in [1.807, 2.05) is 6.92 Å². The molecular weight excluding hydrogens is 184 g/mol. The number of ether oxygens (including phenoxy) is 1. The minimum Gasteiger partial charge on any atom is -0.468 e. The Hall–Kier alpha value is -1.10. The molecule has 0 aliphatic rings. The largest absolute Gasteiger partial charge is 0.468 e. The van der Waals surface area contributed by atoms with Gasteiger partial charge < -0.3 is 9.64 Å². The Balaban J connectivity index is 4.03. The Morgan fingerprint density at radius 3 is 2.14 bits per heavy atom. The first kappa shape index (κ1) is 12.9. The van der Waals surface area contributed by atoms with Gasteiger partial charge in [0.15, 0.2) is 0 Å². The Morgan fingerprint density at radius 1 is 1.21 bits per heavy atom. The van der Waals surface area contributed by atoms with Crippen LogP contribution in [0.4, 0.5) is 0 Å². The summed E-state index contributed by atoms with van der Waals surface area (Å²) in [6, 6.07) is 0. The van der Waals surface area contributed by atoms with Crippen LogP contribution in [-0.4, -0.2) is 62.5 Å². The molecule has 0 bridgehead atoms. The number of methoxy groups -OCH3 is 1. The lowest BCUT2D eigenvalue weighted by Crippen LogP contribution is -2.39. The van der Waals surface area contributed by atoms with E-state index in [-0.39, 0.29) is 25.0 Å². The van der Waals surface area contributed by atoms with Crippen molar-refractivity contribution in [2.45, 2.75) is 6.92 Å². The number of rotatable bonds is 5. The van der Waals surface area contributed by atoms with Gasteiger partial charge in [0.2, 0.25) is 5.91 Å². The maximum atomic E-state index is 11.3. The molecule has 0 unspecified atom stereocenters. The predicted octanol–water partition coefficient (Wildman–Crippen LogP) is -0.430. The van der Waals surface area contributed by atoms with Crippen molar-refractivity contribution in [3.05, 3.63) is 0 Å². The Morgan fingerprint density at radius 2 is 1.79 bits per heavy atom. The maximum absolute atomic E-state index is 11.3. The summed E-state index contributed by atoms with van der Waals surface area (Å²) in [7, 11) is 4.71. The fraction of sp³-hybridized carbons (Fsp3) is 0.778. The topological polar surface area (TPSA) is 49.9 Å². The van der Waals surface area contributed by atoms with Gasteiger partial charge in [-0.3, -0.25) is 14.5 Å². The number of carbonyl (C=O) groups is 2. The summed E-state index contributed by atoms with van der Waals surface area (Å²) in [5.74, 6) is -0.339. The van der Waals surface area contributed by atoms with E-state index in [4.69, 9.17) is 0 Å². The molecule has 0 rings (SSSR count). The highest BCUT2D eigenvalue weighted by atomic mass is 16.5. The third-order valence-corrected chi connectivity index (χ3v) is 1.89. The summed E-state index contributed by atoms with van der Waals surface area (Å²) >= 11 is 0. The summed E-state index contributed by atoms with van der Waals surface area (Å²) in [6.07, 6.45) is 0. The highest BCUT2D eigenvalue weighted by Gasteiger charge is 2.13. The van der Waals surface area contributed by atoms with E-state index in [2.05, 4.69) is 4.74 Å². The average Bonchev–Trinajstić information content (AvgIpc) is 2.16. The number of likely N-dealkylation sites (N-methyl/N-ethyl adjacent to an activating group) is 2. The molecule has 0 N–H and O–H groups in total. The van der Waals surface area contributed by atoms with Crippen molar-refractivity contribution in [3.8, 4) is 0 Å². The van der Waals surface area contributed by atoms with Gasteiger partial charge in [0.1, 0.15) is 0 Å². The van der Waals surface area contributed by atoms with Crippen LogP contribution in [0.3, 0.4) is 0 Å². The van der Waals surface area contributed by atoms with E-state index < -0.39 is 0 Å². The molecule has 0 atom stereocenters. The van der Waals surface area contributed by atoms with Crippen LogP contribution in [0, 0.1) is 0 Å². The van der Waals surface area contributed by atoms with Crippen LogP contribution >= 0.6 is 0 Å². The summed E-state index contributed by atoms with van der Waals surface area (Å²) < 4.78 is 4.52. The van der Waals surface area contributed by atoms with Gasteiger partial charge in [0.05, 0.1) is 20.2 Å². The zero-order chi connectivity index (χ0) is 11.1. The molecule has 0 aromatic heterocycles. The number of hydrogen-bond acceptors (Lipinski definition) is 4. The zero-order valence-corrected chi connectivity index (χ0v) is 9.24. The smallest absolute Gasteiger partial charge is 0.319 e. The third-order valence-electron chi connectivity index (χ3n) is 1.89. The number of nitrogens with zero attached hydrogens (tertiary/aromatic N) is 2. The average molecular weight is 202 g/mol. The van der Waals surface area contributed by atoms with Gasteiger partial charge in [-0.1, -0.05) is 6.92 Å². The fourth-order valence-electron chi connectivity index (χ4n) is 0.859. The van der Waals surface area contributed by atoms with E-state index in [0.717, 1.165) is 0 Å². The van der Waals surface area contributed by atoms with Gasteiger partial charge >= 0.3 is 5.97 Å². The summed E-state index contributed by atoms with van der Waals surface area (Å²) in [5.41, 5.74) is 0. The lowest BCUT2D eigenvalue weighted by molar-refractivity contribution is -0.142. The second-order valence-corrected chi connectivity index (χ2v) is 3.17. The van der Waals surface area contributed by atoms with Crippen LogP contribution in [0.15, 0.2) is 0 Å². The molecule has 14 heavy (non-hydrogen) atoms. The van der Waals surface area contributed by atoms with Crippen LogP contribution in [-0.2, 0) is 14.3 Å². The standard InChI is InChI=1S/C9H18N2O3/c1-5-11(7-9(13)14-4)6-8(12)10(2)3/h5-7H2,1-4H3. The van der Waals surface area contributed by atoms with E-state index in [1.165, 1.54) is 12.0 Å². The summed E-state index contributed by atoms with van der Waals surface area (Å²) in [6.45, 7) is 2.95. The number of hydrogen-bond donors (Lipinski definition) is 0. The van der Waals surface area contributed by atoms with Crippen molar-refractivity contribution in [3.63, 3.8) is 0 Å². The van der Waals surface area contributed by atoms with Crippen LogP contribution < -0.4 is 0 Å². The molecular formula is C9H18N2O3. The molecule has 0 heterocycles. The van der Waals surface area contributed by atoms with Crippen LogP contribution in [0.25, 0.3) is 0 Å². The Kier molecular flexibility index (Phi) is 5.87. The lowest BCUT2D eigenvalue weighted by Gasteiger charge is -2.20. The highest BCUT2D eigenvalue weighted by molar-refractivity contribution is 5.78. The molecule has 1 amide bonds. The van der Waals surface area contributed by atoms with Gasteiger partial charge in [0.25, 0.3) is 0 Å². The molecule has 0 radical (unpaired) electrons. The highest BCUT2D eigenvalue weighted by Crippen LogP contribution is 1.91. The molecule has 0 spiro atoms. The van der Waals surface area contributed by atoms with Crippen molar-refractivity contribution < 1.29 is 14.3 Å². The van der Waals surface area contributed by atoms with Crippen LogP contribution in [0.5, 0.6) is 0 Å². The number of esters is 1. The molecule has 82 valence electrons. The Bertz CT molecular complexity index is 204.